The first-order valence-electron chi connectivity index (χ1n) is 10.3. The molecular formula is C25H25N3O4. The van der Waals surface area contributed by atoms with Gasteiger partial charge in [-0.15, -0.1) is 0 Å². The molecular weight excluding hydrogens is 406 g/mol. The molecule has 0 radical (unpaired) electrons. The highest BCUT2D eigenvalue weighted by molar-refractivity contribution is 6.39. The highest BCUT2D eigenvalue weighted by Crippen LogP contribution is 2.18. The Hall–Kier alpha value is -4.13. The zero-order chi connectivity index (χ0) is 22.6. The Morgan fingerprint density at radius 1 is 0.875 bits per heavy atom. The lowest BCUT2D eigenvalue weighted by Crippen LogP contribution is -2.32. The fourth-order valence-corrected chi connectivity index (χ4v) is 2.71. The maximum Gasteiger partial charge on any atom is 0.329 e. The highest BCUT2D eigenvalue weighted by atomic mass is 16.5. The molecule has 164 valence electrons. The number of hydrazone groups is 1. The van der Waals surface area contributed by atoms with Gasteiger partial charge in [-0.05, 0) is 48.4 Å². The van der Waals surface area contributed by atoms with Crippen molar-refractivity contribution in [2.45, 2.75) is 20.0 Å². The van der Waals surface area contributed by atoms with Gasteiger partial charge in [-0.25, -0.2) is 5.43 Å². The molecule has 0 saturated heterocycles. The number of nitrogens with one attached hydrogen (secondary N) is 2. The van der Waals surface area contributed by atoms with Crippen LogP contribution in [0.1, 0.15) is 24.5 Å². The average Bonchev–Trinajstić information content (AvgIpc) is 2.83. The molecule has 3 rings (SSSR count). The lowest BCUT2D eigenvalue weighted by atomic mass is 10.2. The molecule has 7 nitrogen and oxygen atoms in total. The van der Waals surface area contributed by atoms with E-state index in [1.54, 1.807) is 30.3 Å². The SMILES string of the molecule is CCCOc1ccc(NC(=O)C(=O)N/N=C\c2ccccc2OCc2ccccc2)cc1. The molecule has 0 aromatic heterocycles. The van der Waals surface area contributed by atoms with Crippen molar-refractivity contribution in [3.8, 4) is 11.5 Å². The number of anilines is 1. The molecule has 2 amide bonds. The van der Waals surface area contributed by atoms with Crippen LogP contribution in [0, 0.1) is 0 Å². The number of carbonyl (C=O) groups is 2. The molecule has 3 aromatic carbocycles. The van der Waals surface area contributed by atoms with Gasteiger partial charge in [-0.2, -0.15) is 5.10 Å². The minimum Gasteiger partial charge on any atom is -0.494 e. The van der Waals surface area contributed by atoms with Crippen LogP contribution in [0.15, 0.2) is 84.0 Å². The first-order chi connectivity index (χ1) is 15.7. The maximum absolute atomic E-state index is 12.1. The smallest absolute Gasteiger partial charge is 0.329 e. The molecule has 0 unspecified atom stereocenters. The van der Waals surface area contributed by atoms with Gasteiger partial charge in [0, 0.05) is 11.3 Å². The van der Waals surface area contributed by atoms with Gasteiger partial charge in [0.25, 0.3) is 0 Å². The number of rotatable bonds is 9. The molecule has 0 aliphatic rings. The molecule has 3 aromatic rings. The van der Waals surface area contributed by atoms with E-state index in [-0.39, 0.29) is 0 Å². The van der Waals surface area contributed by atoms with Crippen molar-refractivity contribution in [1.29, 1.82) is 0 Å². The molecule has 0 atom stereocenters. The second-order valence-electron chi connectivity index (χ2n) is 6.84. The fourth-order valence-electron chi connectivity index (χ4n) is 2.71. The van der Waals surface area contributed by atoms with Gasteiger partial charge >= 0.3 is 11.8 Å². The Kier molecular flexibility index (Phi) is 8.39. The summed E-state index contributed by atoms with van der Waals surface area (Å²) in [6.07, 6.45) is 2.34. The van der Waals surface area contributed by atoms with Gasteiger partial charge in [-0.3, -0.25) is 9.59 Å². The molecule has 2 N–H and O–H groups in total. The van der Waals surface area contributed by atoms with Gasteiger partial charge in [0.05, 0.1) is 12.8 Å². The van der Waals surface area contributed by atoms with Crippen molar-refractivity contribution in [1.82, 2.24) is 5.43 Å². The Labute approximate surface area is 187 Å². The van der Waals surface area contributed by atoms with E-state index >= 15 is 0 Å². The van der Waals surface area contributed by atoms with Gasteiger partial charge in [0.15, 0.2) is 0 Å². The van der Waals surface area contributed by atoms with E-state index in [1.165, 1.54) is 6.21 Å². The molecule has 7 heteroatoms. The number of hydrogen-bond donors (Lipinski definition) is 2. The number of ether oxygens (including phenoxy) is 2. The van der Waals surface area contributed by atoms with Crippen LogP contribution in [-0.2, 0) is 16.2 Å². The first kappa shape index (κ1) is 22.6. The van der Waals surface area contributed by atoms with Crippen molar-refractivity contribution >= 4 is 23.7 Å². The number of amides is 2. The number of nitrogens with zero attached hydrogens (tertiary/aromatic N) is 1. The minimum absolute atomic E-state index is 0.405. The van der Waals surface area contributed by atoms with Crippen LogP contribution in [-0.4, -0.2) is 24.6 Å². The summed E-state index contributed by atoms with van der Waals surface area (Å²) in [5.74, 6) is -0.385. The summed E-state index contributed by atoms with van der Waals surface area (Å²) in [5, 5.41) is 6.40. The van der Waals surface area contributed by atoms with E-state index in [4.69, 9.17) is 9.47 Å². The monoisotopic (exact) mass is 431 g/mol. The molecule has 0 aliphatic heterocycles. The van der Waals surface area contributed by atoms with Crippen LogP contribution < -0.4 is 20.2 Å². The van der Waals surface area contributed by atoms with E-state index in [9.17, 15) is 9.59 Å². The van der Waals surface area contributed by atoms with Gasteiger partial charge in [0.1, 0.15) is 18.1 Å². The third kappa shape index (κ3) is 6.98. The van der Waals surface area contributed by atoms with E-state index in [2.05, 4.69) is 15.8 Å². The van der Waals surface area contributed by atoms with Gasteiger partial charge < -0.3 is 14.8 Å². The van der Waals surface area contributed by atoms with E-state index in [0.29, 0.717) is 36.0 Å². The lowest BCUT2D eigenvalue weighted by Gasteiger charge is -2.09. The highest BCUT2D eigenvalue weighted by Gasteiger charge is 2.13. The topological polar surface area (TPSA) is 89.0 Å². The van der Waals surface area contributed by atoms with Gasteiger partial charge in [0.2, 0.25) is 0 Å². The van der Waals surface area contributed by atoms with Crippen LogP contribution in [0.5, 0.6) is 11.5 Å². The Balaban J connectivity index is 1.52. The summed E-state index contributed by atoms with van der Waals surface area (Å²) in [6, 6.07) is 23.9. The summed E-state index contributed by atoms with van der Waals surface area (Å²) in [5.41, 5.74) is 4.42. The summed E-state index contributed by atoms with van der Waals surface area (Å²) in [7, 11) is 0. The van der Waals surface area contributed by atoms with Crippen molar-refractivity contribution in [2.24, 2.45) is 5.10 Å². The van der Waals surface area contributed by atoms with Crippen molar-refractivity contribution in [2.75, 3.05) is 11.9 Å². The van der Waals surface area contributed by atoms with Crippen LogP contribution in [0.25, 0.3) is 0 Å². The molecule has 0 bridgehead atoms. The van der Waals surface area contributed by atoms with Crippen LogP contribution in [0.4, 0.5) is 5.69 Å². The molecule has 0 spiro atoms. The Morgan fingerprint density at radius 3 is 2.34 bits per heavy atom. The van der Waals surface area contributed by atoms with Gasteiger partial charge in [-0.1, -0.05) is 49.4 Å². The standard InChI is InChI=1S/C25H25N3O4/c1-2-16-31-22-14-12-21(13-15-22)27-24(29)25(30)28-26-17-20-10-6-7-11-23(20)32-18-19-8-4-3-5-9-19/h3-15,17H,2,16,18H2,1H3,(H,27,29)(H,28,30)/b26-17-. The summed E-state index contributed by atoms with van der Waals surface area (Å²) in [6.45, 7) is 3.04. The number of benzene rings is 3. The van der Waals surface area contributed by atoms with Crippen LogP contribution >= 0.6 is 0 Å². The minimum atomic E-state index is -0.879. The number of para-hydroxylation sites is 1. The Morgan fingerprint density at radius 2 is 1.59 bits per heavy atom. The zero-order valence-corrected chi connectivity index (χ0v) is 17.8. The zero-order valence-electron chi connectivity index (χ0n) is 17.8. The summed E-state index contributed by atoms with van der Waals surface area (Å²) < 4.78 is 11.3. The second-order valence-corrected chi connectivity index (χ2v) is 6.84. The summed E-state index contributed by atoms with van der Waals surface area (Å²) >= 11 is 0. The predicted molar refractivity (Wildman–Crippen MR) is 124 cm³/mol. The normalized spacial score (nSPS) is 10.5. The van der Waals surface area contributed by atoms with Crippen molar-refractivity contribution in [3.05, 3.63) is 90.0 Å². The van der Waals surface area contributed by atoms with E-state index in [0.717, 1.165) is 12.0 Å². The first-order valence-corrected chi connectivity index (χ1v) is 10.3. The molecule has 32 heavy (non-hydrogen) atoms. The molecule has 0 aliphatic carbocycles. The number of carbonyl (C=O) groups excluding carboxylic acids is 2. The van der Waals surface area contributed by atoms with E-state index in [1.807, 2.05) is 55.5 Å². The van der Waals surface area contributed by atoms with Crippen molar-refractivity contribution < 1.29 is 19.1 Å². The van der Waals surface area contributed by atoms with Crippen LogP contribution in [0.2, 0.25) is 0 Å². The molecule has 0 heterocycles. The fraction of sp³-hybridized carbons (Fsp3) is 0.160. The molecule has 0 saturated carbocycles. The van der Waals surface area contributed by atoms with Crippen molar-refractivity contribution in [3.63, 3.8) is 0 Å². The van der Waals surface area contributed by atoms with E-state index < -0.39 is 11.8 Å². The maximum atomic E-state index is 12.1. The lowest BCUT2D eigenvalue weighted by molar-refractivity contribution is -0.136. The number of hydrogen-bond acceptors (Lipinski definition) is 5. The third-order valence-electron chi connectivity index (χ3n) is 4.32. The predicted octanol–water partition coefficient (Wildman–Crippen LogP) is 4.14. The Bertz CT molecular complexity index is 1050. The summed E-state index contributed by atoms with van der Waals surface area (Å²) in [4.78, 5) is 24.1. The second kappa shape index (κ2) is 11.9. The third-order valence-corrected chi connectivity index (χ3v) is 4.32. The quantitative estimate of drug-likeness (QED) is 0.303. The van der Waals surface area contributed by atoms with Crippen LogP contribution in [0.3, 0.4) is 0 Å². The average molecular weight is 431 g/mol. The molecule has 0 fully saturated rings. The largest absolute Gasteiger partial charge is 0.494 e.